The van der Waals surface area contributed by atoms with Crippen molar-refractivity contribution in [2.24, 2.45) is 0 Å². The maximum absolute atomic E-state index is 10.7. The molecule has 2 unspecified atom stereocenters. The van der Waals surface area contributed by atoms with Gasteiger partial charge in [0.1, 0.15) is 0 Å². The average molecular weight is 229 g/mol. The van der Waals surface area contributed by atoms with Crippen LogP contribution in [0.2, 0.25) is 0 Å². The Bertz CT molecular complexity index is 249. The van der Waals surface area contributed by atoms with Gasteiger partial charge in [0.25, 0.3) is 0 Å². The fraction of sp³-hybridized carbons (Fsp3) is 0.600. The quantitative estimate of drug-likeness (QED) is 0.532. The highest BCUT2D eigenvalue weighted by Crippen LogP contribution is 2.50. The van der Waals surface area contributed by atoms with Crippen LogP contribution in [0.25, 0.3) is 0 Å². The number of phosphoric acid groups is 1. The van der Waals surface area contributed by atoms with E-state index in [2.05, 4.69) is 15.4 Å². The Balaban J connectivity index is 3.82. The molecule has 8 heteroatoms. The fourth-order valence-corrected chi connectivity index (χ4v) is 1.66. The standard InChI is InChI=1S/C5H10O6P2/c1-5(2)3-4-10-13(8,9)11-12(6)7/h1,3-4H2,2H3,(H-,6,7,8,9)/p+1. The van der Waals surface area contributed by atoms with Gasteiger partial charge in [-0.25, -0.2) is 4.57 Å². The Hall–Kier alpha value is -0.0900. The van der Waals surface area contributed by atoms with Crippen molar-refractivity contribution in [2.75, 3.05) is 6.61 Å². The molecular formula is C5H11O6P2+. The first-order valence-electron chi connectivity index (χ1n) is 3.31. The molecule has 0 rings (SSSR count). The van der Waals surface area contributed by atoms with E-state index in [0.29, 0.717) is 6.42 Å². The molecule has 0 aliphatic rings. The normalized spacial score (nSPS) is 16.4. The SMILES string of the molecule is C=C(C)CCOP(=O)(O)O[P+](=O)O. The number of hydrogen-bond acceptors (Lipinski definition) is 4. The summed E-state index contributed by atoms with van der Waals surface area (Å²) in [5.41, 5.74) is 0.772. The topological polar surface area (TPSA) is 93.1 Å². The van der Waals surface area contributed by atoms with Crippen molar-refractivity contribution in [2.45, 2.75) is 13.3 Å². The van der Waals surface area contributed by atoms with E-state index in [1.54, 1.807) is 6.92 Å². The molecule has 0 spiro atoms. The predicted octanol–water partition coefficient (Wildman–Crippen LogP) is 1.74. The van der Waals surface area contributed by atoms with Crippen LogP contribution >= 0.6 is 16.1 Å². The maximum atomic E-state index is 10.7. The lowest BCUT2D eigenvalue weighted by Gasteiger charge is -2.03. The lowest BCUT2D eigenvalue weighted by Crippen LogP contribution is -1.93. The van der Waals surface area contributed by atoms with Gasteiger partial charge in [-0.15, -0.1) is 11.5 Å². The van der Waals surface area contributed by atoms with Gasteiger partial charge in [-0.3, -0.25) is 9.42 Å². The fourth-order valence-electron chi connectivity index (χ4n) is 0.447. The van der Waals surface area contributed by atoms with Crippen molar-refractivity contribution in [3.63, 3.8) is 0 Å². The van der Waals surface area contributed by atoms with E-state index < -0.39 is 16.1 Å². The zero-order valence-electron chi connectivity index (χ0n) is 7.04. The Morgan fingerprint density at radius 2 is 2.23 bits per heavy atom. The van der Waals surface area contributed by atoms with E-state index in [0.717, 1.165) is 5.57 Å². The van der Waals surface area contributed by atoms with E-state index in [4.69, 9.17) is 9.79 Å². The van der Waals surface area contributed by atoms with Crippen LogP contribution in [0.4, 0.5) is 0 Å². The molecule has 0 aromatic carbocycles. The molecule has 0 amide bonds. The highest BCUT2D eigenvalue weighted by atomic mass is 31.2. The Morgan fingerprint density at radius 1 is 1.69 bits per heavy atom. The van der Waals surface area contributed by atoms with Crippen molar-refractivity contribution in [1.29, 1.82) is 0 Å². The minimum atomic E-state index is -4.38. The van der Waals surface area contributed by atoms with E-state index >= 15 is 0 Å². The molecule has 76 valence electrons. The third-order valence-electron chi connectivity index (χ3n) is 0.956. The van der Waals surface area contributed by atoms with Crippen molar-refractivity contribution in [1.82, 2.24) is 0 Å². The molecule has 0 aliphatic heterocycles. The minimum Gasteiger partial charge on any atom is -0.300 e. The summed E-state index contributed by atoms with van der Waals surface area (Å²) in [4.78, 5) is 16.9. The number of rotatable bonds is 6. The predicted molar refractivity (Wildman–Crippen MR) is 46.1 cm³/mol. The molecule has 2 N–H and O–H groups in total. The number of phosphoric ester groups is 1. The van der Waals surface area contributed by atoms with Crippen LogP contribution in [0, 0.1) is 0 Å². The van der Waals surface area contributed by atoms with Gasteiger partial charge in [0.2, 0.25) is 0 Å². The molecule has 0 radical (unpaired) electrons. The highest BCUT2D eigenvalue weighted by molar-refractivity contribution is 7.55. The van der Waals surface area contributed by atoms with E-state index in [1.165, 1.54) is 0 Å². The molecule has 0 saturated carbocycles. The van der Waals surface area contributed by atoms with Crippen LogP contribution in [0.5, 0.6) is 0 Å². The first kappa shape index (κ1) is 12.9. The van der Waals surface area contributed by atoms with Gasteiger partial charge < -0.3 is 0 Å². The number of hydrogen-bond donors (Lipinski definition) is 2. The van der Waals surface area contributed by atoms with Crippen molar-refractivity contribution >= 4 is 16.1 Å². The minimum absolute atomic E-state index is 0.0771. The monoisotopic (exact) mass is 229 g/mol. The van der Waals surface area contributed by atoms with Gasteiger partial charge in [0.05, 0.1) is 6.61 Å². The summed E-state index contributed by atoms with van der Waals surface area (Å²) >= 11 is 0. The molecule has 2 atom stereocenters. The molecule has 0 fully saturated rings. The maximum Gasteiger partial charge on any atom is 0.705 e. The second kappa shape index (κ2) is 5.60. The van der Waals surface area contributed by atoms with Crippen LogP contribution in [-0.4, -0.2) is 16.4 Å². The first-order chi connectivity index (χ1) is 5.83. The molecule has 0 aromatic rings. The molecule has 0 heterocycles. The molecule has 6 nitrogen and oxygen atoms in total. The van der Waals surface area contributed by atoms with Gasteiger partial charge in [-0.05, 0) is 17.7 Å². The van der Waals surface area contributed by atoms with E-state index in [-0.39, 0.29) is 6.61 Å². The van der Waals surface area contributed by atoms with Gasteiger partial charge in [0, 0.05) is 4.57 Å². The zero-order valence-corrected chi connectivity index (χ0v) is 8.83. The summed E-state index contributed by atoms with van der Waals surface area (Å²) in [7, 11) is -7.51. The Kier molecular flexibility index (Phi) is 5.56. The Labute approximate surface area is 76.8 Å². The van der Waals surface area contributed by atoms with E-state index in [1.807, 2.05) is 0 Å². The molecule has 0 bridgehead atoms. The van der Waals surface area contributed by atoms with Gasteiger partial charge in [-0.2, -0.15) is 0 Å². The first-order valence-corrected chi connectivity index (χ1v) is 5.93. The largest absolute Gasteiger partial charge is 0.705 e. The summed E-state index contributed by atoms with van der Waals surface area (Å²) in [5, 5.41) is 0. The molecule has 13 heavy (non-hydrogen) atoms. The summed E-state index contributed by atoms with van der Waals surface area (Å²) in [6.07, 6.45) is 0.385. The van der Waals surface area contributed by atoms with Crippen LogP contribution in [-0.2, 0) is 18.0 Å². The second-order valence-electron chi connectivity index (χ2n) is 2.33. The smallest absolute Gasteiger partial charge is 0.300 e. The van der Waals surface area contributed by atoms with Gasteiger partial charge in [-0.1, -0.05) is 5.57 Å². The average Bonchev–Trinajstić information content (AvgIpc) is 1.81. The summed E-state index contributed by atoms with van der Waals surface area (Å²) in [5.74, 6) is 0. The summed E-state index contributed by atoms with van der Waals surface area (Å²) < 4.78 is 28.8. The molecule has 0 aromatic heterocycles. The third kappa shape index (κ3) is 8.25. The lowest BCUT2D eigenvalue weighted by molar-refractivity contribution is 0.202. The van der Waals surface area contributed by atoms with Crippen LogP contribution < -0.4 is 0 Å². The van der Waals surface area contributed by atoms with Gasteiger partial charge in [0.15, 0.2) is 0 Å². The van der Waals surface area contributed by atoms with Gasteiger partial charge >= 0.3 is 16.1 Å². The third-order valence-corrected chi connectivity index (χ3v) is 2.85. The zero-order chi connectivity index (χ0) is 10.5. The summed E-state index contributed by atoms with van der Waals surface area (Å²) in [6.45, 7) is 5.18. The second-order valence-corrected chi connectivity index (χ2v) is 4.65. The van der Waals surface area contributed by atoms with Crippen LogP contribution in [0.15, 0.2) is 12.2 Å². The molecule has 0 aliphatic carbocycles. The van der Waals surface area contributed by atoms with Crippen molar-refractivity contribution in [3.8, 4) is 0 Å². The highest BCUT2D eigenvalue weighted by Gasteiger charge is 2.34. The Morgan fingerprint density at radius 3 is 2.62 bits per heavy atom. The van der Waals surface area contributed by atoms with Crippen molar-refractivity contribution < 1.29 is 27.8 Å². The van der Waals surface area contributed by atoms with E-state index in [9.17, 15) is 9.13 Å². The van der Waals surface area contributed by atoms with Crippen LogP contribution in [0.3, 0.4) is 0 Å². The summed E-state index contributed by atoms with van der Waals surface area (Å²) in [6, 6.07) is 0. The molecule has 0 saturated heterocycles. The van der Waals surface area contributed by atoms with Crippen LogP contribution in [0.1, 0.15) is 13.3 Å². The molecular weight excluding hydrogens is 218 g/mol. The van der Waals surface area contributed by atoms with Crippen molar-refractivity contribution in [3.05, 3.63) is 12.2 Å². The lowest BCUT2D eigenvalue weighted by atomic mass is 10.3.